The Kier molecular flexibility index (Phi) is 5.83. The molecule has 0 saturated heterocycles. The highest BCUT2D eigenvalue weighted by molar-refractivity contribution is 9.10. The molecule has 1 aromatic rings. The molecule has 0 aliphatic heterocycles. The van der Waals surface area contributed by atoms with Gasteiger partial charge in [-0.2, -0.15) is 0 Å². The molecule has 1 aromatic carbocycles. The van der Waals surface area contributed by atoms with E-state index in [-0.39, 0.29) is 18.5 Å². The molecule has 1 unspecified atom stereocenters. The molecule has 0 spiro atoms. The highest BCUT2D eigenvalue weighted by Crippen LogP contribution is 2.27. The van der Waals surface area contributed by atoms with Gasteiger partial charge in [0.25, 0.3) is 0 Å². The molecule has 0 aliphatic carbocycles. The van der Waals surface area contributed by atoms with Crippen LogP contribution < -0.4 is 15.4 Å². The third-order valence-electron chi connectivity index (χ3n) is 3.26. The first-order valence-corrected chi connectivity index (χ1v) is 7.16. The van der Waals surface area contributed by atoms with Crippen molar-refractivity contribution in [3.05, 3.63) is 22.7 Å². The van der Waals surface area contributed by atoms with Crippen molar-refractivity contribution in [3.8, 4) is 5.75 Å². The minimum absolute atomic E-state index is 0.0515. The predicted molar refractivity (Wildman–Crippen MR) is 83.2 cm³/mol. The molecule has 0 fully saturated rings. The number of rotatable bonds is 5. The van der Waals surface area contributed by atoms with E-state index in [4.69, 9.17) is 4.74 Å². The summed E-state index contributed by atoms with van der Waals surface area (Å²) < 4.78 is 5.97. The van der Waals surface area contributed by atoms with Gasteiger partial charge in [-0.1, -0.05) is 13.8 Å². The molecule has 6 heteroatoms. The number of halogens is 1. The molecular formula is C14H21BrN2O3. The summed E-state index contributed by atoms with van der Waals surface area (Å²) in [4.78, 5) is 11.8. The molecular weight excluding hydrogens is 324 g/mol. The SMILES string of the molecule is COc1cc(NC(=O)NCC(C)(O)C(C)C)ccc1Br. The van der Waals surface area contributed by atoms with Crippen LogP contribution in [0.25, 0.3) is 0 Å². The first kappa shape index (κ1) is 16.8. The smallest absolute Gasteiger partial charge is 0.319 e. The van der Waals surface area contributed by atoms with E-state index in [1.165, 1.54) is 0 Å². The van der Waals surface area contributed by atoms with Crippen LogP contribution in [0.1, 0.15) is 20.8 Å². The zero-order valence-corrected chi connectivity index (χ0v) is 13.7. The Hall–Kier alpha value is -1.27. The largest absolute Gasteiger partial charge is 0.495 e. The molecule has 0 heterocycles. The molecule has 3 N–H and O–H groups in total. The second-order valence-electron chi connectivity index (χ2n) is 5.17. The van der Waals surface area contributed by atoms with E-state index in [0.717, 1.165) is 4.47 Å². The molecule has 2 amide bonds. The number of urea groups is 1. The number of aliphatic hydroxyl groups is 1. The first-order chi connectivity index (χ1) is 9.26. The number of anilines is 1. The predicted octanol–water partition coefficient (Wildman–Crippen LogP) is 2.99. The van der Waals surface area contributed by atoms with E-state index >= 15 is 0 Å². The molecule has 0 aliphatic rings. The maximum atomic E-state index is 11.8. The molecule has 0 saturated carbocycles. The molecule has 1 rings (SSSR count). The van der Waals surface area contributed by atoms with Gasteiger partial charge in [0.15, 0.2) is 0 Å². The number of carbonyl (C=O) groups excluding carboxylic acids is 1. The maximum absolute atomic E-state index is 11.8. The third-order valence-corrected chi connectivity index (χ3v) is 3.91. The summed E-state index contributed by atoms with van der Waals surface area (Å²) in [5.74, 6) is 0.688. The number of hydrogen-bond donors (Lipinski definition) is 3. The van der Waals surface area contributed by atoms with Gasteiger partial charge in [-0.15, -0.1) is 0 Å². The van der Waals surface area contributed by atoms with Gasteiger partial charge >= 0.3 is 6.03 Å². The Bertz CT molecular complexity index is 475. The fraction of sp³-hybridized carbons (Fsp3) is 0.500. The van der Waals surface area contributed by atoms with Gasteiger partial charge in [0.1, 0.15) is 5.75 Å². The van der Waals surface area contributed by atoms with Gasteiger partial charge in [-0.3, -0.25) is 0 Å². The molecule has 1 atom stereocenters. The van der Waals surface area contributed by atoms with E-state index in [0.29, 0.717) is 11.4 Å². The van der Waals surface area contributed by atoms with Gasteiger partial charge in [-0.05, 0) is 40.9 Å². The summed E-state index contributed by atoms with van der Waals surface area (Å²) in [5, 5.41) is 15.4. The normalized spacial score (nSPS) is 13.8. The van der Waals surface area contributed by atoms with Crippen LogP contribution in [-0.4, -0.2) is 30.4 Å². The topological polar surface area (TPSA) is 70.6 Å². The van der Waals surface area contributed by atoms with E-state index in [1.54, 1.807) is 32.2 Å². The molecule has 20 heavy (non-hydrogen) atoms. The summed E-state index contributed by atoms with van der Waals surface area (Å²) in [5.41, 5.74) is -0.318. The summed E-state index contributed by atoms with van der Waals surface area (Å²) in [7, 11) is 1.56. The number of amides is 2. The lowest BCUT2D eigenvalue weighted by Gasteiger charge is -2.27. The number of benzene rings is 1. The van der Waals surface area contributed by atoms with Crippen LogP contribution in [-0.2, 0) is 0 Å². The number of nitrogens with one attached hydrogen (secondary N) is 2. The Balaban J connectivity index is 2.59. The van der Waals surface area contributed by atoms with Gasteiger partial charge in [0, 0.05) is 18.3 Å². The first-order valence-electron chi connectivity index (χ1n) is 6.37. The van der Waals surface area contributed by atoms with Gasteiger partial charge in [-0.25, -0.2) is 4.79 Å². The summed E-state index contributed by atoms with van der Waals surface area (Å²) in [6.45, 7) is 5.68. The second kappa shape index (κ2) is 6.95. The Morgan fingerprint density at radius 1 is 1.50 bits per heavy atom. The lowest BCUT2D eigenvalue weighted by atomic mass is 9.93. The third kappa shape index (κ3) is 4.68. The Morgan fingerprint density at radius 3 is 2.70 bits per heavy atom. The average molecular weight is 345 g/mol. The zero-order valence-electron chi connectivity index (χ0n) is 12.2. The van der Waals surface area contributed by atoms with Crippen LogP contribution in [0.3, 0.4) is 0 Å². The van der Waals surface area contributed by atoms with Crippen molar-refractivity contribution in [2.24, 2.45) is 5.92 Å². The Morgan fingerprint density at radius 2 is 2.15 bits per heavy atom. The minimum atomic E-state index is -0.936. The highest BCUT2D eigenvalue weighted by atomic mass is 79.9. The van der Waals surface area contributed by atoms with E-state index in [9.17, 15) is 9.90 Å². The molecule has 5 nitrogen and oxygen atoms in total. The number of methoxy groups -OCH3 is 1. The van der Waals surface area contributed by atoms with Crippen LogP contribution in [0.2, 0.25) is 0 Å². The number of ether oxygens (including phenoxy) is 1. The van der Waals surface area contributed by atoms with Crippen molar-refractivity contribution in [2.45, 2.75) is 26.4 Å². The van der Waals surface area contributed by atoms with Crippen molar-refractivity contribution in [1.82, 2.24) is 5.32 Å². The molecule has 112 valence electrons. The van der Waals surface area contributed by atoms with Crippen LogP contribution in [0.4, 0.5) is 10.5 Å². The fourth-order valence-electron chi connectivity index (χ4n) is 1.38. The maximum Gasteiger partial charge on any atom is 0.319 e. The minimum Gasteiger partial charge on any atom is -0.495 e. The van der Waals surface area contributed by atoms with Crippen molar-refractivity contribution in [2.75, 3.05) is 19.0 Å². The monoisotopic (exact) mass is 344 g/mol. The molecule has 0 bridgehead atoms. The molecule has 0 radical (unpaired) electrons. The van der Waals surface area contributed by atoms with Crippen LogP contribution in [0, 0.1) is 5.92 Å². The second-order valence-corrected chi connectivity index (χ2v) is 6.02. The van der Waals surface area contributed by atoms with Crippen LogP contribution in [0.5, 0.6) is 5.75 Å². The van der Waals surface area contributed by atoms with E-state index in [1.807, 2.05) is 13.8 Å². The average Bonchev–Trinajstić information content (AvgIpc) is 2.38. The number of hydrogen-bond acceptors (Lipinski definition) is 3. The molecule has 0 aromatic heterocycles. The summed E-state index contributed by atoms with van der Waals surface area (Å²) in [6, 6.07) is 4.89. The van der Waals surface area contributed by atoms with E-state index < -0.39 is 5.60 Å². The van der Waals surface area contributed by atoms with Crippen molar-refractivity contribution >= 4 is 27.6 Å². The standard InChI is InChI=1S/C14H21BrN2O3/c1-9(2)14(3,19)8-16-13(18)17-10-5-6-11(15)12(7-10)20-4/h5-7,9,19H,8H2,1-4H3,(H2,16,17,18). The highest BCUT2D eigenvalue weighted by Gasteiger charge is 2.25. The zero-order chi connectivity index (χ0) is 15.3. The van der Waals surface area contributed by atoms with Crippen molar-refractivity contribution < 1.29 is 14.6 Å². The van der Waals surface area contributed by atoms with Gasteiger partial charge in [0.2, 0.25) is 0 Å². The quantitative estimate of drug-likeness (QED) is 0.768. The van der Waals surface area contributed by atoms with Crippen molar-refractivity contribution in [3.63, 3.8) is 0 Å². The summed E-state index contributed by atoms with van der Waals surface area (Å²) >= 11 is 3.34. The lowest BCUT2D eigenvalue weighted by Crippen LogP contribution is -2.45. The summed E-state index contributed by atoms with van der Waals surface area (Å²) in [6.07, 6.45) is 0. The van der Waals surface area contributed by atoms with Crippen LogP contribution >= 0.6 is 15.9 Å². The lowest BCUT2D eigenvalue weighted by molar-refractivity contribution is 0.0170. The Labute approximate surface area is 127 Å². The van der Waals surface area contributed by atoms with Gasteiger partial charge < -0.3 is 20.5 Å². The van der Waals surface area contributed by atoms with E-state index in [2.05, 4.69) is 26.6 Å². The number of carbonyl (C=O) groups is 1. The van der Waals surface area contributed by atoms with Gasteiger partial charge in [0.05, 0.1) is 17.2 Å². The van der Waals surface area contributed by atoms with Crippen molar-refractivity contribution in [1.29, 1.82) is 0 Å². The van der Waals surface area contributed by atoms with Crippen LogP contribution in [0.15, 0.2) is 22.7 Å². The fourth-order valence-corrected chi connectivity index (χ4v) is 1.78.